The number of aryl methyl sites for hydroxylation is 1. The van der Waals surface area contributed by atoms with Crippen LogP contribution in [0.1, 0.15) is 64.3 Å². The number of hydrogen-bond donors (Lipinski definition) is 1. The van der Waals surface area contributed by atoms with Gasteiger partial charge in [0.2, 0.25) is 0 Å². The number of nitro groups is 2. The van der Waals surface area contributed by atoms with E-state index in [4.69, 9.17) is 4.74 Å². The molecule has 10 nitrogen and oxygen atoms in total. The van der Waals surface area contributed by atoms with E-state index in [9.17, 15) is 29.8 Å². The van der Waals surface area contributed by atoms with Gasteiger partial charge in [-0.3, -0.25) is 25.0 Å². The highest BCUT2D eigenvalue weighted by atomic mass is 32.1. The van der Waals surface area contributed by atoms with Gasteiger partial charge in [0, 0.05) is 17.0 Å². The molecule has 11 heteroatoms. The third kappa shape index (κ3) is 5.05. The van der Waals surface area contributed by atoms with Gasteiger partial charge in [0.05, 0.1) is 33.1 Å². The van der Waals surface area contributed by atoms with E-state index in [-0.39, 0.29) is 16.7 Å². The minimum Gasteiger partial charge on any atom is -0.459 e. The molecule has 0 fully saturated rings. The predicted molar refractivity (Wildman–Crippen MR) is 114 cm³/mol. The number of non-ortho nitro benzene ring substituents is 2. The molecule has 0 saturated heterocycles. The second-order valence-electron chi connectivity index (χ2n) is 7.43. The van der Waals surface area contributed by atoms with Crippen LogP contribution in [0.15, 0.2) is 18.2 Å². The Kier molecular flexibility index (Phi) is 6.64. The van der Waals surface area contributed by atoms with Gasteiger partial charge in [-0.25, -0.2) is 4.79 Å². The first-order valence-corrected chi connectivity index (χ1v) is 10.6. The lowest BCUT2D eigenvalue weighted by molar-refractivity contribution is -0.394. The molecule has 3 rings (SSSR count). The first-order valence-electron chi connectivity index (χ1n) is 9.78. The Hall–Kier alpha value is -3.34. The minimum absolute atomic E-state index is 0.243. The number of anilines is 1. The average molecular weight is 447 g/mol. The van der Waals surface area contributed by atoms with E-state index in [1.54, 1.807) is 13.8 Å². The Morgan fingerprint density at radius 1 is 1.03 bits per heavy atom. The summed E-state index contributed by atoms with van der Waals surface area (Å²) in [7, 11) is 0. The third-order valence-electron chi connectivity index (χ3n) is 4.78. The Labute approximate surface area is 181 Å². The number of nitrogens with zero attached hydrogens (tertiary/aromatic N) is 2. The topological polar surface area (TPSA) is 142 Å². The van der Waals surface area contributed by atoms with Gasteiger partial charge in [-0.15, -0.1) is 11.3 Å². The van der Waals surface area contributed by atoms with Gasteiger partial charge >= 0.3 is 5.97 Å². The molecule has 0 radical (unpaired) electrons. The molecule has 0 saturated carbocycles. The number of nitrogens with one attached hydrogen (secondary N) is 1. The molecule has 0 aliphatic heterocycles. The smallest absolute Gasteiger partial charge is 0.341 e. The molecule has 1 heterocycles. The number of carbonyl (C=O) groups is 2. The van der Waals surface area contributed by atoms with E-state index in [0.717, 1.165) is 54.3 Å². The second kappa shape index (κ2) is 9.21. The van der Waals surface area contributed by atoms with Crippen molar-refractivity contribution in [1.29, 1.82) is 0 Å². The van der Waals surface area contributed by atoms with Gasteiger partial charge in [0.25, 0.3) is 17.3 Å². The highest BCUT2D eigenvalue weighted by Gasteiger charge is 2.28. The first-order chi connectivity index (χ1) is 14.7. The van der Waals surface area contributed by atoms with Crippen LogP contribution in [0.25, 0.3) is 0 Å². The molecule has 1 aliphatic carbocycles. The normalized spacial score (nSPS) is 13.3. The number of ether oxygens (including phenoxy) is 1. The number of hydrogen-bond acceptors (Lipinski definition) is 8. The molecule has 0 atom stereocenters. The number of amides is 1. The van der Waals surface area contributed by atoms with Crippen molar-refractivity contribution in [2.45, 2.75) is 52.1 Å². The van der Waals surface area contributed by atoms with Crippen molar-refractivity contribution in [3.63, 3.8) is 0 Å². The highest BCUT2D eigenvalue weighted by molar-refractivity contribution is 7.17. The van der Waals surface area contributed by atoms with Crippen molar-refractivity contribution in [1.82, 2.24) is 0 Å². The molecule has 1 N–H and O–H groups in total. The second-order valence-corrected chi connectivity index (χ2v) is 8.53. The summed E-state index contributed by atoms with van der Waals surface area (Å²) in [5, 5.41) is 25.1. The van der Waals surface area contributed by atoms with Gasteiger partial charge in [-0.05, 0) is 45.1 Å². The molecular weight excluding hydrogens is 426 g/mol. The van der Waals surface area contributed by atoms with Crippen LogP contribution >= 0.6 is 11.3 Å². The molecular formula is C20H21N3O7S. The Balaban J connectivity index is 2.00. The maximum Gasteiger partial charge on any atom is 0.341 e. The average Bonchev–Trinajstić information content (AvgIpc) is 2.87. The summed E-state index contributed by atoms with van der Waals surface area (Å²) in [4.78, 5) is 47.2. The largest absolute Gasteiger partial charge is 0.459 e. The zero-order valence-electron chi connectivity index (χ0n) is 17.0. The number of esters is 1. The maximum atomic E-state index is 12.8. The predicted octanol–water partition coefficient (Wildman–Crippen LogP) is 4.65. The quantitative estimate of drug-likeness (QED) is 0.294. The maximum absolute atomic E-state index is 12.8. The van der Waals surface area contributed by atoms with Crippen LogP contribution in [-0.2, 0) is 17.6 Å². The summed E-state index contributed by atoms with van der Waals surface area (Å²) in [6.07, 6.45) is 4.04. The van der Waals surface area contributed by atoms with E-state index in [2.05, 4.69) is 5.32 Å². The lowest BCUT2D eigenvalue weighted by Crippen LogP contribution is -2.17. The molecule has 0 spiro atoms. The Bertz CT molecular complexity index is 1030. The summed E-state index contributed by atoms with van der Waals surface area (Å²) in [6.45, 7) is 3.45. The number of fused-ring (bicyclic) bond motifs is 1. The number of rotatable bonds is 6. The molecule has 2 aromatic rings. The van der Waals surface area contributed by atoms with Crippen molar-refractivity contribution in [3.8, 4) is 0 Å². The van der Waals surface area contributed by atoms with Crippen molar-refractivity contribution in [3.05, 3.63) is 60.0 Å². The lowest BCUT2D eigenvalue weighted by Gasteiger charge is -2.11. The monoisotopic (exact) mass is 447 g/mol. The standard InChI is InChI=1S/C20H21N3O7S/c1-11(2)30-20(25)17-15-6-4-3-5-7-16(15)31-19(17)21-18(24)12-8-13(22(26)27)10-14(9-12)23(28)29/h8-11H,3-7H2,1-2H3,(H,21,24). The lowest BCUT2D eigenvalue weighted by atomic mass is 10.1. The van der Waals surface area contributed by atoms with Gasteiger partial charge in [0.15, 0.2) is 0 Å². The van der Waals surface area contributed by atoms with Crippen LogP contribution < -0.4 is 5.32 Å². The van der Waals surface area contributed by atoms with E-state index in [0.29, 0.717) is 12.0 Å². The third-order valence-corrected chi connectivity index (χ3v) is 5.99. The van der Waals surface area contributed by atoms with E-state index in [1.165, 1.54) is 11.3 Å². The summed E-state index contributed by atoms with van der Waals surface area (Å²) in [5.41, 5.74) is -0.230. The van der Waals surface area contributed by atoms with Gasteiger partial charge in [0.1, 0.15) is 5.00 Å². The fraction of sp³-hybridized carbons (Fsp3) is 0.400. The summed E-state index contributed by atoms with van der Waals surface area (Å²) in [6, 6.07) is 2.72. The van der Waals surface area contributed by atoms with Crippen LogP contribution in [0.5, 0.6) is 0 Å². The number of carbonyl (C=O) groups excluding carboxylic acids is 2. The van der Waals surface area contributed by atoms with Crippen LogP contribution in [-0.4, -0.2) is 27.8 Å². The minimum atomic E-state index is -0.803. The van der Waals surface area contributed by atoms with Crippen LogP contribution in [0.4, 0.5) is 16.4 Å². The molecule has 1 aromatic carbocycles. The van der Waals surface area contributed by atoms with Gasteiger partial charge < -0.3 is 10.1 Å². The zero-order chi connectivity index (χ0) is 22.7. The molecule has 1 aromatic heterocycles. The van der Waals surface area contributed by atoms with Gasteiger partial charge in [-0.1, -0.05) is 6.42 Å². The van der Waals surface area contributed by atoms with E-state index in [1.807, 2.05) is 0 Å². The molecule has 1 aliphatic rings. The van der Waals surface area contributed by atoms with Crippen LogP contribution in [0.2, 0.25) is 0 Å². The fourth-order valence-corrected chi connectivity index (χ4v) is 4.70. The van der Waals surface area contributed by atoms with Gasteiger partial charge in [-0.2, -0.15) is 0 Å². The molecule has 0 bridgehead atoms. The van der Waals surface area contributed by atoms with Crippen molar-refractivity contribution in [2.24, 2.45) is 0 Å². The molecule has 31 heavy (non-hydrogen) atoms. The summed E-state index contributed by atoms with van der Waals surface area (Å²) < 4.78 is 5.37. The van der Waals surface area contributed by atoms with Crippen LogP contribution in [0.3, 0.4) is 0 Å². The summed E-state index contributed by atoms with van der Waals surface area (Å²) in [5.74, 6) is -1.32. The number of nitro benzene ring substituents is 2. The molecule has 0 unspecified atom stereocenters. The SMILES string of the molecule is CC(C)OC(=O)c1c(NC(=O)c2cc([N+](=O)[O-])cc([N+](=O)[O-])c2)sc2c1CCCCC2. The first kappa shape index (κ1) is 22.3. The van der Waals surface area contributed by atoms with Crippen molar-refractivity contribution < 1.29 is 24.2 Å². The number of benzene rings is 1. The van der Waals surface area contributed by atoms with E-state index >= 15 is 0 Å². The highest BCUT2D eigenvalue weighted by Crippen LogP contribution is 2.38. The molecule has 164 valence electrons. The van der Waals surface area contributed by atoms with Crippen molar-refractivity contribution >= 4 is 39.6 Å². The zero-order valence-corrected chi connectivity index (χ0v) is 17.8. The summed E-state index contributed by atoms with van der Waals surface area (Å²) >= 11 is 1.27. The molecule has 1 amide bonds. The van der Waals surface area contributed by atoms with Crippen molar-refractivity contribution in [2.75, 3.05) is 5.32 Å². The fourth-order valence-electron chi connectivity index (χ4n) is 3.43. The van der Waals surface area contributed by atoms with E-state index < -0.39 is 33.1 Å². The Morgan fingerprint density at radius 2 is 1.65 bits per heavy atom. The van der Waals surface area contributed by atoms with Crippen LogP contribution in [0, 0.1) is 20.2 Å². The Morgan fingerprint density at radius 3 is 2.23 bits per heavy atom. The number of thiophene rings is 1.